The number of carbonyl (C=O) groups excluding carboxylic acids is 7. The fourth-order valence-corrected chi connectivity index (χ4v) is 3.39. The van der Waals surface area contributed by atoms with Gasteiger partial charge in [-0.1, -0.05) is 0 Å². The first-order valence-corrected chi connectivity index (χ1v) is 12.3. The first-order chi connectivity index (χ1) is 19.3. The molecule has 1 aliphatic rings. The minimum Gasteiger partial charge on any atom is -0.394 e. The number of nitrogens with zero attached hydrogens (tertiary/aromatic N) is 1. The smallest absolute Gasteiger partial charge is 0.245 e. The Kier molecular flexibility index (Phi) is 14.5. The molecule has 0 saturated carbocycles. The zero-order valence-electron chi connectivity index (χ0n) is 21.9. The summed E-state index contributed by atoms with van der Waals surface area (Å²) >= 11 is 0. The van der Waals surface area contributed by atoms with E-state index in [9.17, 15) is 48.9 Å². The van der Waals surface area contributed by atoms with Crippen LogP contribution in [0.15, 0.2) is 4.99 Å². The van der Waals surface area contributed by atoms with Gasteiger partial charge in [0.2, 0.25) is 41.4 Å². The third-order valence-corrected chi connectivity index (χ3v) is 5.51. The number of aliphatic hydroxyl groups is 3. The predicted octanol–water partition coefficient (Wildman–Crippen LogP) is -8.55. The molecule has 0 aromatic carbocycles. The van der Waals surface area contributed by atoms with Gasteiger partial charge < -0.3 is 64.4 Å². The Morgan fingerprint density at radius 2 is 1.12 bits per heavy atom. The summed E-state index contributed by atoms with van der Waals surface area (Å²) in [5.74, 6) is -7.54. The number of aliphatic hydroxyl groups excluding tert-OH is 3. The van der Waals surface area contributed by atoms with Crippen molar-refractivity contribution in [2.24, 2.45) is 22.2 Å². The van der Waals surface area contributed by atoms with Gasteiger partial charge in [-0.2, -0.15) is 0 Å². The summed E-state index contributed by atoms with van der Waals surface area (Å²) in [5, 5.41) is 41.8. The van der Waals surface area contributed by atoms with Gasteiger partial charge in [0.1, 0.15) is 30.2 Å². The van der Waals surface area contributed by atoms with Crippen LogP contribution in [0.2, 0.25) is 0 Å². The Morgan fingerprint density at radius 3 is 1.59 bits per heavy atom. The first-order valence-electron chi connectivity index (χ1n) is 12.3. The van der Waals surface area contributed by atoms with Crippen LogP contribution in [0.3, 0.4) is 0 Å². The van der Waals surface area contributed by atoms with Crippen LogP contribution < -0.4 is 49.1 Å². The normalized spacial score (nSPS) is 25.2. The van der Waals surface area contributed by atoms with Crippen molar-refractivity contribution in [2.45, 2.75) is 49.5 Å². The largest absolute Gasteiger partial charge is 0.394 e. The highest BCUT2D eigenvalue weighted by Crippen LogP contribution is 2.02. The molecule has 1 heterocycles. The van der Waals surface area contributed by atoms with E-state index in [1.165, 1.54) is 0 Å². The van der Waals surface area contributed by atoms with E-state index < -0.39 is 104 Å². The Balaban J connectivity index is 3.35. The van der Waals surface area contributed by atoms with Crippen LogP contribution in [0.4, 0.5) is 0 Å². The van der Waals surface area contributed by atoms with Crippen LogP contribution in [0.5, 0.6) is 0 Å². The zero-order valence-corrected chi connectivity index (χ0v) is 21.9. The summed E-state index contributed by atoms with van der Waals surface area (Å²) in [4.78, 5) is 91.3. The van der Waals surface area contributed by atoms with Gasteiger partial charge in [-0.15, -0.1) is 0 Å². The fourth-order valence-electron chi connectivity index (χ4n) is 3.39. The maximum Gasteiger partial charge on any atom is 0.245 e. The van der Waals surface area contributed by atoms with E-state index in [0.717, 1.165) is 0 Å². The van der Waals surface area contributed by atoms with E-state index in [2.05, 4.69) is 36.9 Å². The van der Waals surface area contributed by atoms with Gasteiger partial charge in [0, 0.05) is 6.54 Å². The van der Waals surface area contributed by atoms with Crippen molar-refractivity contribution in [1.29, 1.82) is 0 Å². The maximum atomic E-state index is 12.9. The van der Waals surface area contributed by atoms with Crippen LogP contribution in [0.1, 0.15) is 19.3 Å². The van der Waals surface area contributed by atoms with Gasteiger partial charge in [0.25, 0.3) is 0 Å². The number of rotatable bonds is 9. The van der Waals surface area contributed by atoms with Crippen LogP contribution in [0.25, 0.3) is 0 Å². The molecule has 0 bridgehead atoms. The molecule has 5 atom stereocenters. The number of hydrogen-bond donors (Lipinski definition) is 12. The van der Waals surface area contributed by atoms with Gasteiger partial charge in [-0.05, 0) is 12.8 Å². The molecule has 15 N–H and O–H groups in total. The van der Waals surface area contributed by atoms with Crippen molar-refractivity contribution in [3.63, 3.8) is 0 Å². The highest BCUT2D eigenvalue weighted by atomic mass is 16.3. The summed E-state index contributed by atoms with van der Waals surface area (Å²) in [7, 11) is 0. The Bertz CT molecular complexity index is 1020. The molecule has 1 fully saturated rings. The number of nitrogens with one attached hydrogen (secondary N) is 6. The van der Waals surface area contributed by atoms with E-state index in [1.807, 2.05) is 0 Å². The van der Waals surface area contributed by atoms with Crippen molar-refractivity contribution in [3.05, 3.63) is 0 Å². The van der Waals surface area contributed by atoms with Crippen molar-refractivity contribution >= 4 is 47.3 Å². The molecule has 7 amide bonds. The lowest BCUT2D eigenvalue weighted by Gasteiger charge is -2.26. The third-order valence-electron chi connectivity index (χ3n) is 5.51. The fraction of sp³-hybridized carbons (Fsp3) is 0.619. The van der Waals surface area contributed by atoms with Crippen molar-refractivity contribution < 1.29 is 48.9 Å². The van der Waals surface area contributed by atoms with E-state index >= 15 is 0 Å². The minimum absolute atomic E-state index is 0.0629. The minimum atomic E-state index is -1.72. The molecular weight excluding hydrogens is 552 g/mol. The summed E-state index contributed by atoms with van der Waals surface area (Å²) in [6, 6.07) is -8.06. The molecule has 0 aliphatic carbocycles. The molecule has 230 valence electrons. The maximum absolute atomic E-state index is 12.9. The Labute approximate surface area is 233 Å². The van der Waals surface area contributed by atoms with E-state index in [0.29, 0.717) is 0 Å². The summed E-state index contributed by atoms with van der Waals surface area (Å²) in [6.45, 7) is -3.56. The molecule has 1 rings (SSSR count). The van der Waals surface area contributed by atoms with E-state index in [1.54, 1.807) is 0 Å². The highest BCUT2D eigenvalue weighted by molar-refractivity contribution is 5.98. The standard InChI is InChI=1S/C21H36N10O10/c22-14(35)4-10-17(38)30-12(7-33)19(40)28-9(2-1-3-25-21(23)24)16(37)26-5-15(36)27-11(6-32)18(39)31-13(8-34)20(41)29-10/h9-13,32-34H,1-8H2,(H2,22,35)(H,26,37)(H,27,36)(H,28,40)(H,29,41)(H,30,38)(H,31,39)(H4,23,24,25)/t9-,10-,11-,12-,13-/m0/s1. The third kappa shape index (κ3) is 12.0. The highest BCUT2D eigenvalue weighted by Gasteiger charge is 2.33. The van der Waals surface area contributed by atoms with Crippen molar-refractivity contribution in [1.82, 2.24) is 31.9 Å². The van der Waals surface area contributed by atoms with Crippen LogP contribution in [0, 0.1) is 0 Å². The van der Waals surface area contributed by atoms with Crippen LogP contribution >= 0.6 is 0 Å². The Hall–Kier alpha value is -4.56. The lowest BCUT2D eigenvalue weighted by molar-refractivity contribution is -0.137. The molecule has 1 saturated heterocycles. The van der Waals surface area contributed by atoms with Gasteiger partial charge in [-0.3, -0.25) is 38.6 Å². The second-order valence-corrected chi connectivity index (χ2v) is 8.75. The van der Waals surface area contributed by atoms with Crippen molar-refractivity contribution in [2.75, 3.05) is 32.9 Å². The summed E-state index contributed by atoms with van der Waals surface area (Å²) in [5.41, 5.74) is 15.7. The number of guanidine groups is 1. The lowest BCUT2D eigenvalue weighted by Crippen LogP contribution is -2.61. The number of primary amides is 1. The van der Waals surface area contributed by atoms with Crippen molar-refractivity contribution in [3.8, 4) is 0 Å². The quantitative estimate of drug-likeness (QED) is 0.0678. The number of aliphatic imine (C=N–C) groups is 1. The number of amides is 7. The van der Waals surface area contributed by atoms with Gasteiger partial charge in [0.05, 0.1) is 32.8 Å². The molecule has 41 heavy (non-hydrogen) atoms. The molecule has 0 spiro atoms. The Morgan fingerprint density at radius 1 is 0.683 bits per heavy atom. The molecule has 20 heteroatoms. The van der Waals surface area contributed by atoms with Gasteiger partial charge in [0.15, 0.2) is 5.96 Å². The second kappa shape index (κ2) is 17.2. The second-order valence-electron chi connectivity index (χ2n) is 8.75. The SMILES string of the molecule is NC(=O)C[C@@H]1NC(=O)[C@H](CO)NC(=O)[C@H](CO)NC(=O)CNC(=O)[C@H](CCCN=C(N)N)NC(=O)[C@H](CO)NC1=O. The van der Waals surface area contributed by atoms with Gasteiger partial charge >= 0.3 is 0 Å². The van der Waals surface area contributed by atoms with Crippen LogP contribution in [-0.2, 0) is 33.6 Å². The molecule has 0 radical (unpaired) electrons. The monoisotopic (exact) mass is 588 g/mol. The number of carbonyl (C=O) groups is 7. The number of hydrogen-bond acceptors (Lipinski definition) is 11. The zero-order chi connectivity index (χ0) is 31.1. The summed E-state index contributed by atoms with van der Waals surface area (Å²) in [6.07, 6.45) is -0.675. The lowest BCUT2D eigenvalue weighted by atomic mass is 10.1. The first kappa shape index (κ1) is 34.5. The average molecular weight is 589 g/mol. The van der Waals surface area contributed by atoms with E-state index in [-0.39, 0.29) is 25.3 Å². The molecule has 20 nitrogen and oxygen atoms in total. The van der Waals surface area contributed by atoms with Gasteiger partial charge in [-0.25, -0.2) is 0 Å². The van der Waals surface area contributed by atoms with Crippen LogP contribution in [-0.4, -0.2) is 126 Å². The number of nitrogens with two attached hydrogens (primary N) is 3. The average Bonchev–Trinajstić information content (AvgIpc) is 2.91. The molecule has 0 aromatic heterocycles. The van der Waals surface area contributed by atoms with E-state index in [4.69, 9.17) is 17.2 Å². The summed E-state index contributed by atoms with van der Waals surface area (Å²) < 4.78 is 0. The molecule has 0 unspecified atom stereocenters. The molecule has 1 aliphatic heterocycles. The topological polar surface area (TPSA) is 343 Å². The molecule has 0 aromatic rings. The predicted molar refractivity (Wildman–Crippen MR) is 138 cm³/mol. The molecular formula is C21H36N10O10.